The molecule has 0 saturated carbocycles. The molecule has 9 heteroatoms. The Morgan fingerprint density at radius 3 is 2.58 bits per heavy atom. The molecule has 1 aromatic heterocycles. The highest BCUT2D eigenvalue weighted by atomic mass is 35.5. The first-order valence-electron chi connectivity index (χ1n) is 13.2. The van der Waals surface area contributed by atoms with E-state index < -0.39 is 6.10 Å². The molecule has 1 fully saturated rings. The van der Waals surface area contributed by atoms with Crippen LogP contribution in [0.25, 0.3) is 11.3 Å². The van der Waals surface area contributed by atoms with Gasteiger partial charge in [0.2, 0.25) is 5.91 Å². The van der Waals surface area contributed by atoms with E-state index in [9.17, 15) is 9.90 Å². The minimum absolute atomic E-state index is 0.0638. The van der Waals surface area contributed by atoms with Crippen LogP contribution < -0.4 is 9.64 Å². The zero-order valence-electron chi connectivity index (χ0n) is 22.4. The van der Waals surface area contributed by atoms with Crippen LogP contribution in [0, 0.1) is 6.92 Å². The lowest BCUT2D eigenvalue weighted by Gasteiger charge is -2.37. The molecule has 2 aromatic carbocycles. The van der Waals surface area contributed by atoms with Crippen LogP contribution in [0.15, 0.2) is 42.5 Å². The Morgan fingerprint density at radius 2 is 1.87 bits per heavy atom. The number of aliphatic hydroxyl groups is 1. The number of para-hydroxylation sites is 2. The van der Waals surface area contributed by atoms with Crippen molar-refractivity contribution in [2.45, 2.75) is 39.5 Å². The van der Waals surface area contributed by atoms with Crippen molar-refractivity contribution in [1.29, 1.82) is 0 Å². The van der Waals surface area contributed by atoms with Gasteiger partial charge in [-0.25, -0.2) is 0 Å². The Labute approximate surface area is 229 Å². The first-order chi connectivity index (χ1) is 18.3. The van der Waals surface area contributed by atoms with Gasteiger partial charge in [-0.05, 0) is 36.8 Å². The van der Waals surface area contributed by atoms with Gasteiger partial charge >= 0.3 is 0 Å². The maximum Gasteiger partial charge on any atom is 0.219 e. The van der Waals surface area contributed by atoms with Crippen molar-refractivity contribution in [2.75, 3.05) is 51.3 Å². The fourth-order valence-electron chi connectivity index (χ4n) is 5.55. The number of carbonyl (C=O) groups excluding carboxylic acids is 1. The number of piperazine rings is 1. The van der Waals surface area contributed by atoms with Crippen LogP contribution in [0.2, 0.25) is 5.02 Å². The molecule has 3 aromatic rings. The van der Waals surface area contributed by atoms with Crippen molar-refractivity contribution >= 4 is 23.2 Å². The highest BCUT2D eigenvalue weighted by molar-refractivity contribution is 6.31. The largest absolute Gasteiger partial charge is 0.495 e. The normalized spacial score (nSPS) is 16.9. The van der Waals surface area contributed by atoms with Gasteiger partial charge in [-0.3, -0.25) is 14.4 Å². The monoisotopic (exact) mass is 537 g/mol. The van der Waals surface area contributed by atoms with E-state index in [-0.39, 0.29) is 5.91 Å². The van der Waals surface area contributed by atoms with E-state index in [0.29, 0.717) is 31.2 Å². The van der Waals surface area contributed by atoms with E-state index in [1.807, 2.05) is 52.9 Å². The number of rotatable bonds is 7. The molecule has 1 amide bonds. The number of halogens is 1. The number of ether oxygens (including phenoxy) is 1. The average Bonchev–Trinajstić information content (AvgIpc) is 3.28. The fourth-order valence-corrected chi connectivity index (χ4v) is 5.67. The fraction of sp³-hybridized carbons (Fsp3) is 0.448. The van der Waals surface area contributed by atoms with Crippen molar-refractivity contribution in [3.8, 4) is 17.0 Å². The van der Waals surface area contributed by atoms with Gasteiger partial charge in [0.05, 0.1) is 31.1 Å². The summed E-state index contributed by atoms with van der Waals surface area (Å²) in [7, 11) is 1.70. The summed E-state index contributed by atoms with van der Waals surface area (Å²) in [5.74, 6) is 0.952. The lowest BCUT2D eigenvalue weighted by molar-refractivity contribution is -0.129. The molecule has 202 valence electrons. The zero-order valence-corrected chi connectivity index (χ0v) is 23.1. The van der Waals surface area contributed by atoms with E-state index in [1.165, 1.54) is 0 Å². The molecule has 1 saturated heterocycles. The third kappa shape index (κ3) is 5.53. The minimum atomic E-state index is -0.553. The second-order valence-corrected chi connectivity index (χ2v) is 10.6. The van der Waals surface area contributed by atoms with Crippen molar-refractivity contribution in [1.82, 2.24) is 19.6 Å². The molecule has 1 atom stereocenters. The third-order valence-electron chi connectivity index (χ3n) is 7.66. The third-order valence-corrected chi connectivity index (χ3v) is 8.09. The smallest absolute Gasteiger partial charge is 0.219 e. The first kappa shape index (κ1) is 26.5. The summed E-state index contributed by atoms with van der Waals surface area (Å²) in [5.41, 5.74) is 6.11. The van der Waals surface area contributed by atoms with Crippen molar-refractivity contribution in [3.63, 3.8) is 0 Å². The molecule has 0 spiro atoms. The van der Waals surface area contributed by atoms with E-state index in [1.54, 1.807) is 14.0 Å². The summed E-state index contributed by atoms with van der Waals surface area (Å²) in [5, 5.41) is 16.8. The maximum absolute atomic E-state index is 12.1. The lowest BCUT2D eigenvalue weighted by atomic mass is 9.99. The standard InChI is InChI=1S/C29H36ClN5O3/c1-20-16-22(8-9-25(20)30)29-24-19-34(21(2)36)11-10-26(24)35(31-29)18-23(37)17-32-12-14-33(15-13-32)27-6-4-5-7-28(27)38-3/h4-9,16,23,37H,10-15,17-19H2,1-3H3. The molecule has 1 unspecified atom stereocenters. The van der Waals surface area contributed by atoms with Gasteiger partial charge in [0, 0.05) is 81.0 Å². The lowest BCUT2D eigenvalue weighted by Crippen LogP contribution is -2.49. The zero-order chi connectivity index (χ0) is 26.8. The van der Waals surface area contributed by atoms with Gasteiger partial charge in [-0.1, -0.05) is 29.8 Å². The maximum atomic E-state index is 12.1. The van der Waals surface area contributed by atoms with E-state index in [2.05, 4.69) is 15.9 Å². The SMILES string of the molecule is COc1ccccc1N1CCN(CC(O)Cn2nc(-c3ccc(Cl)c(C)c3)c3c2CCN(C(C)=O)C3)CC1. The van der Waals surface area contributed by atoms with E-state index >= 15 is 0 Å². The molecule has 5 rings (SSSR count). The van der Waals surface area contributed by atoms with Crippen LogP contribution in [0.3, 0.4) is 0 Å². The number of carbonyl (C=O) groups is 1. The van der Waals surface area contributed by atoms with Crippen LogP contribution in [0.5, 0.6) is 5.75 Å². The van der Waals surface area contributed by atoms with Gasteiger partial charge in [-0.2, -0.15) is 5.10 Å². The van der Waals surface area contributed by atoms with Gasteiger partial charge in [0.15, 0.2) is 0 Å². The predicted molar refractivity (Wildman–Crippen MR) is 150 cm³/mol. The number of hydrogen-bond donors (Lipinski definition) is 1. The van der Waals surface area contributed by atoms with Gasteiger partial charge < -0.3 is 19.6 Å². The number of fused-ring (bicyclic) bond motifs is 1. The Morgan fingerprint density at radius 1 is 1.11 bits per heavy atom. The molecular formula is C29H36ClN5O3. The molecule has 0 bridgehead atoms. The predicted octanol–water partition coefficient (Wildman–Crippen LogP) is 3.61. The van der Waals surface area contributed by atoms with Gasteiger partial charge in [0.25, 0.3) is 0 Å². The molecule has 8 nitrogen and oxygen atoms in total. The quantitative estimate of drug-likeness (QED) is 0.496. The van der Waals surface area contributed by atoms with Crippen molar-refractivity contribution < 1.29 is 14.6 Å². The molecule has 2 aliphatic rings. The molecule has 0 aliphatic carbocycles. The number of amides is 1. The molecular weight excluding hydrogens is 502 g/mol. The molecule has 1 N–H and O–H groups in total. The molecule has 0 radical (unpaired) electrons. The molecule has 2 aliphatic heterocycles. The number of nitrogens with zero attached hydrogens (tertiary/aromatic N) is 5. The number of methoxy groups -OCH3 is 1. The summed E-state index contributed by atoms with van der Waals surface area (Å²) in [6.45, 7) is 9.29. The summed E-state index contributed by atoms with van der Waals surface area (Å²) < 4.78 is 7.49. The van der Waals surface area contributed by atoms with Crippen LogP contribution in [0.1, 0.15) is 23.7 Å². The minimum Gasteiger partial charge on any atom is -0.495 e. The van der Waals surface area contributed by atoms with Crippen LogP contribution in [-0.4, -0.2) is 83.1 Å². The van der Waals surface area contributed by atoms with Crippen molar-refractivity contribution in [3.05, 3.63) is 64.3 Å². The van der Waals surface area contributed by atoms with Gasteiger partial charge in [0.1, 0.15) is 5.75 Å². The summed E-state index contributed by atoms with van der Waals surface area (Å²) in [6.07, 6.45) is 0.168. The van der Waals surface area contributed by atoms with Crippen molar-refractivity contribution in [2.24, 2.45) is 0 Å². The topological polar surface area (TPSA) is 74.1 Å². The number of anilines is 1. The van der Waals surface area contributed by atoms with Crippen LogP contribution >= 0.6 is 11.6 Å². The Hall–Kier alpha value is -3.07. The number of hydrogen-bond acceptors (Lipinski definition) is 6. The first-order valence-corrected chi connectivity index (χ1v) is 13.6. The number of aromatic nitrogens is 2. The highest BCUT2D eigenvalue weighted by Crippen LogP contribution is 2.32. The Kier molecular flexibility index (Phi) is 7.93. The van der Waals surface area contributed by atoms with Crippen LogP contribution in [-0.2, 0) is 24.3 Å². The number of aliphatic hydroxyl groups excluding tert-OH is 1. The van der Waals surface area contributed by atoms with Crippen LogP contribution in [0.4, 0.5) is 5.69 Å². The summed E-state index contributed by atoms with van der Waals surface area (Å²) in [6, 6.07) is 14.0. The summed E-state index contributed by atoms with van der Waals surface area (Å²) in [4.78, 5) is 18.6. The Bertz CT molecular complexity index is 1300. The van der Waals surface area contributed by atoms with E-state index in [0.717, 1.165) is 72.1 Å². The number of aryl methyl sites for hydroxylation is 1. The Balaban J connectivity index is 1.29. The van der Waals surface area contributed by atoms with E-state index in [4.69, 9.17) is 21.4 Å². The highest BCUT2D eigenvalue weighted by Gasteiger charge is 2.28. The molecule has 38 heavy (non-hydrogen) atoms. The second kappa shape index (κ2) is 11.4. The van der Waals surface area contributed by atoms with Gasteiger partial charge in [-0.15, -0.1) is 0 Å². The molecule has 3 heterocycles. The summed E-state index contributed by atoms with van der Waals surface area (Å²) >= 11 is 6.28. The second-order valence-electron chi connectivity index (χ2n) is 10.2. The number of benzene rings is 2. The number of β-amino-alcohol motifs (C(OH)–C–C–N with tert-alkyl or cyclic N) is 1. The average molecular weight is 538 g/mol.